The Balaban J connectivity index is 2.29. The summed E-state index contributed by atoms with van der Waals surface area (Å²) >= 11 is 6.74. The Kier molecular flexibility index (Phi) is 3.79. The maximum atomic E-state index is 11.8. The minimum Gasteiger partial charge on any atom is -0.296 e. The fourth-order valence-corrected chi connectivity index (χ4v) is 2.78. The highest BCUT2D eigenvalue weighted by Crippen LogP contribution is 2.30. The molecule has 88 valence electrons. The molecule has 0 radical (unpaired) electrons. The smallest absolute Gasteiger partial charge is 0.228 e. The lowest BCUT2D eigenvalue weighted by molar-refractivity contribution is -0.117. The van der Waals surface area contributed by atoms with Crippen molar-refractivity contribution in [2.24, 2.45) is 5.92 Å². The lowest BCUT2D eigenvalue weighted by Gasteiger charge is -2.16. The van der Waals surface area contributed by atoms with Gasteiger partial charge in [-0.3, -0.25) is 9.69 Å². The van der Waals surface area contributed by atoms with E-state index >= 15 is 0 Å². The van der Waals surface area contributed by atoms with Gasteiger partial charge in [0.15, 0.2) is 0 Å². The predicted octanol–water partition coefficient (Wildman–Crippen LogP) is 2.46. The monoisotopic (exact) mass is 357 g/mol. The van der Waals surface area contributed by atoms with Crippen LogP contribution in [0.15, 0.2) is 16.7 Å². The van der Waals surface area contributed by atoms with Crippen LogP contribution in [0.25, 0.3) is 0 Å². The molecule has 0 aromatic carbocycles. The first-order valence-corrected chi connectivity index (χ1v) is 6.99. The van der Waals surface area contributed by atoms with Gasteiger partial charge < -0.3 is 0 Å². The number of hydrogen-bond donors (Lipinski definition) is 0. The molecule has 1 saturated heterocycles. The van der Waals surface area contributed by atoms with Crippen LogP contribution in [0.4, 0.5) is 5.82 Å². The topological polar surface area (TPSA) is 57.0 Å². The summed E-state index contributed by atoms with van der Waals surface area (Å²) in [7, 11) is 0. The first-order chi connectivity index (χ1) is 8.15. The molecule has 2 rings (SSSR count). The Hall–Kier alpha value is -0.930. The van der Waals surface area contributed by atoms with Crippen LogP contribution in [0, 0.1) is 17.2 Å². The van der Waals surface area contributed by atoms with Gasteiger partial charge in [-0.2, -0.15) is 5.26 Å². The average molecular weight is 359 g/mol. The second kappa shape index (κ2) is 5.15. The summed E-state index contributed by atoms with van der Waals surface area (Å²) in [5.41, 5.74) is 0.476. The number of pyridine rings is 1. The molecule has 4 nitrogen and oxygen atoms in total. The Morgan fingerprint density at radius 3 is 2.94 bits per heavy atom. The van der Waals surface area contributed by atoms with Gasteiger partial charge in [0.25, 0.3) is 0 Å². The lowest BCUT2D eigenvalue weighted by atomic mass is 10.2. The van der Waals surface area contributed by atoms with Crippen LogP contribution in [0.1, 0.15) is 12.0 Å². The van der Waals surface area contributed by atoms with Gasteiger partial charge >= 0.3 is 0 Å². The van der Waals surface area contributed by atoms with Gasteiger partial charge in [-0.25, -0.2) is 4.98 Å². The van der Waals surface area contributed by atoms with Crippen molar-refractivity contribution in [1.82, 2.24) is 4.98 Å². The van der Waals surface area contributed by atoms with Crippen LogP contribution in [-0.2, 0) is 4.79 Å². The van der Waals surface area contributed by atoms with E-state index in [1.807, 2.05) is 6.07 Å². The Morgan fingerprint density at radius 2 is 2.41 bits per heavy atom. The normalized spacial score (nSPS) is 19.5. The molecule has 0 bridgehead atoms. The number of nitrogens with zero attached hydrogens (tertiary/aromatic N) is 3. The number of amides is 1. The molecule has 1 unspecified atom stereocenters. The van der Waals surface area contributed by atoms with Gasteiger partial charge in [-0.1, -0.05) is 15.9 Å². The first-order valence-electron chi connectivity index (χ1n) is 5.07. The minimum atomic E-state index is 0.0763. The van der Waals surface area contributed by atoms with Crippen molar-refractivity contribution >= 4 is 43.6 Å². The van der Waals surface area contributed by atoms with Crippen molar-refractivity contribution < 1.29 is 4.79 Å². The molecule has 1 fully saturated rings. The van der Waals surface area contributed by atoms with Crippen LogP contribution in [0.2, 0.25) is 0 Å². The molecule has 1 aliphatic rings. The highest BCUT2D eigenvalue weighted by Gasteiger charge is 2.31. The molecule has 0 spiro atoms. The van der Waals surface area contributed by atoms with E-state index in [1.54, 1.807) is 11.0 Å². The molecule has 2 heterocycles. The van der Waals surface area contributed by atoms with Crippen molar-refractivity contribution in [3.05, 3.63) is 22.3 Å². The van der Waals surface area contributed by atoms with Gasteiger partial charge in [-0.15, -0.1) is 0 Å². The van der Waals surface area contributed by atoms with E-state index in [-0.39, 0.29) is 5.91 Å². The summed E-state index contributed by atoms with van der Waals surface area (Å²) in [6, 6.07) is 3.69. The van der Waals surface area contributed by atoms with Gasteiger partial charge in [-0.05, 0) is 27.9 Å². The van der Waals surface area contributed by atoms with E-state index in [4.69, 9.17) is 5.26 Å². The summed E-state index contributed by atoms with van der Waals surface area (Å²) in [5, 5.41) is 9.56. The van der Waals surface area contributed by atoms with Crippen molar-refractivity contribution in [1.29, 1.82) is 5.26 Å². The van der Waals surface area contributed by atoms with Gasteiger partial charge in [0.1, 0.15) is 11.9 Å². The molecule has 1 aliphatic heterocycles. The van der Waals surface area contributed by atoms with Crippen LogP contribution in [0.3, 0.4) is 0 Å². The van der Waals surface area contributed by atoms with E-state index in [1.165, 1.54) is 6.20 Å². The summed E-state index contributed by atoms with van der Waals surface area (Å²) < 4.78 is 0.681. The second-order valence-electron chi connectivity index (χ2n) is 3.87. The number of aromatic nitrogens is 1. The third kappa shape index (κ3) is 2.50. The van der Waals surface area contributed by atoms with Crippen molar-refractivity contribution in [3.8, 4) is 6.07 Å². The number of carbonyl (C=O) groups is 1. The Bertz CT molecular complexity index is 498. The number of carbonyl (C=O) groups excluding carboxylic acids is 1. The molecular weight excluding hydrogens is 350 g/mol. The summed E-state index contributed by atoms with van der Waals surface area (Å²) in [6.07, 6.45) is 2.02. The van der Waals surface area contributed by atoms with Crippen LogP contribution in [0.5, 0.6) is 0 Å². The summed E-state index contributed by atoms with van der Waals surface area (Å²) in [4.78, 5) is 17.7. The van der Waals surface area contributed by atoms with E-state index in [2.05, 4.69) is 36.8 Å². The highest BCUT2D eigenvalue weighted by atomic mass is 79.9. The maximum Gasteiger partial charge on any atom is 0.228 e. The SMILES string of the molecule is N#Cc1cnc(N2CC(CBr)CC2=O)c(Br)c1. The van der Waals surface area contributed by atoms with E-state index < -0.39 is 0 Å². The van der Waals surface area contributed by atoms with E-state index in [0.717, 1.165) is 5.33 Å². The number of anilines is 1. The number of nitriles is 1. The molecule has 1 atom stereocenters. The van der Waals surface area contributed by atoms with Crippen molar-refractivity contribution in [2.45, 2.75) is 6.42 Å². The third-order valence-electron chi connectivity index (χ3n) is 2.63. The zero-order valence-corrected chi connectivity index (χ0v) is 12.0. The van der Waals surface area contributed by atoms with Gasteiger partial charge in [0.2, 0.25) is 5.91 Å². The molecule has 1 aromatic rings. The van der Waals surface area contributed by atoms with Gasteiger partial charge in [0.05, 0.1) is 10.0 Å². The second-order valence-corrected chi connectivity index (χ2v) is 5.37. The fraction of sp³-hybridized carbons (Fsp3) is 0.364. The van der Waals surface area contributed by atoms with Crippen LogP contribution in [-0.4, -0.2) is 22.8 Å². The van der Waals surface area contributed by atoms with Crippen LogP contribution >= 0.6 is 31.9 Å². The number of alkyl halides is 1. The average Bonchev–Trinajstić information content (AvgIpc) is 2.70. The van der Waals surface area contributed by atoms with Crippen LogP contribution < -0.4 is 4.90 Å². The largest absolute Gasteiger partial charge is 0.296 e. The lowest BCUT2D eigenvalue weighted by Crippen LogP contribution is -2.26. The molecule has 0 saturated carbocycles. The number of halogens is 2. The molecule has 1 amide bonds. The first kappa shape index (κ1) is 12.5. The minimum absolute atomic E-state index is 0.0763. The maximum absolute atomic E-state index is 11.8. The summed E-state index contributed by atoms with van der Waals surface area (Å²) in [5.74, 6) is 0.997. The van der Waals surface area contributed by atoms with Crippen molar-refractivity contribution in [2.75, 3.05) is 16.8 Å². The molecular formula is C11H9Br2N3O. The van der Waals surface area contributed by atoms with E-state index in [9.17, 15) is 4.79 Å². The standard InChI is InChI=1S/C11H9Br2N3O/c12-3-7-2-10(17)16(6-7)11-9(13)1-8(4-14)5-15-11/h1,5,7H,2-3,6H2. The summed E-state index contributed by atoms with van der Waals surface area (Å²) in [6.45, 7) is 0.668. The Labute approximate surface area is 116 Å². The zero-order valence-electron chi connectivity index (χ0n) is 8.86. The van der Waals surface area contributed by atoms with Crippen molar-refractivity contribution in [3.63, 3.8) is 0 Å². The molecule has 1 aromatic heterocycles. The highest BCUT2D eigenvalue weighted by molar-refractivity contribution is 9.10. The Morgan fingerprint density at radius 1 is 1.65 bits per heavy atom. The molecule has 17 heavy (non-hydrogen) atoms. The van der Waals surface area contributed by atoms with Gasteiger partial charge in [0, 0.05) is 24.5 Å². The number of hydrogen-bond acceptors (Lipinski definition) is 3. The van der Waals surface area contributed by atoms with E-state index in [0.29, 0.717) is 34.7 Å². The zero-order chi connectivity index (χ0) is 12.4. The predicted molar refractivity (Wildman–Crippen MR) is 70.9 cm³/mol. The number of rotatable bonds is 2. The third-order valence-corrected chi connectivity index (χ3v) is 4.13. The molecule has 0 N–H and O–H groups in total. The molecule has 0 aliphatic carbocycles. The fourth-order valence-electron chi connectivity index (χ4n) is 1.78. The molecule has 6 heteroatoms. The quantitative estimate of drug-likeness (QED) is 0.763.